The molecule has 1 aromatic heterocycles. The van der Waals surface area contributed by atoms with Crippen molar-refractivity contribution < 1.29 is 9.53 Å². The van der Waals surface area contributed by atoms with Gasteiger partial charge in [-0.1, -0.05) is 25.4 Å². The molecular weight excluding hydrogens is 290 g/mol. The molecule has 2 fully saturated rings. The third-order valence-electron chi connectivity index (χ3n) is 5.10. The molecule has 1 amide bonds. The molecule has 6 heteroatoms. The Morgan fingerprint density at radius 3 is 2.81 bits per heavy atom. The number of aryl methyl sites for hydroxylation is 1. The van der Waals surface area contributed by atoms with E-state index in [1.54, 1.807) is 25.0 Å². The fourth-order valence-corrected chi connectivity index (χ4v) is 4.78. The highest BCUT2D eigenvalue weighted by atomic mass is 35.5. The molecule has 2 heterocycles. The van der Waals surface area contributed by atoms with Crippen LogP contribution >= 0.6 is 11.6 Å². The van der Waals surface area contributed by atoms with Gasteiger partial charge in [-0.25, -0.2) is 0 Å². The lowest BCUT2D eigenvalue weighted by Gasteiger charge is -2.56. The fraction of sp³-hybridized carbons (Fsp3) is 0.733. The number of carbonyl (C=O) groups is 1. The predicted molar refractivity (Wildman–Crippen MR) is 80.3 cm³/mol. The van der Waals surface area contributed by atoms with Crippen LogP contribution in [-0.2, 0) is 11.8 Å². The van der Waals surface area contributed by atoms with Crippen LogP contribution in [0, 0.1) is 16.7 Å². The molecule has 1 aromatic rings. The Balaban J connectivity index is 1.83. The summed E-state index contributed by atoms with van der Waals surface area (Å²) >= 11 is 6.10. The number of nitrogens with zero attached hydrogens (tertiary/aromatic N) is 3. The van der Waals surface area contributed by atoms with Crippen molar-refractivity contribution in [3.05, 3.63) is 16.9 Å². The topological polar surface area (TPSA) is 47.4 Å². The van der Waals surface area contributed by atoms with Gasteiger partial charge >= 0.3 is 0 Å². The monoisotopic (exact) mass is 311 g/mol. The number of halogens is 1. The number of hydrogen-bond donors (Lipinski definition) is 0. The van der Waals surface area contributed by atoms with E-state index in [-0.39, 0.29) is 16.7 Å². The van der Waals surface area contributed by atoms with Crippen LogP contribution in [0.4, 0.5) is 0 Å². The molecule has 2 atom stereocenters. The summed E-state index contributed by atoms with van der Waals surface area (Å²) in [7, 11) is 3.50. The minimum absolute atomic E-state index is 0.0683. The molecule has 3 rings (SSSR count). The SMILES string of the molecule is COC[C@@]12CN(C(=O)c3nn(C)cc3Cl)C[C@@H]1C(C)(C)C2. The maximum atomic E-state index is 12.7. The van der Waals surface area contributed by atoms with E-state index in [0.717, 1.165) is 19.5 Å². The first-order chi connectivity index (χ1) is 9.79. The van der Waals surface area contributed by atoms with E-state index < -0.39 is 0 Å². The Morgan fingerprint density at radius 2 is 2.29 bits per heavy atom. The molecule has 5 nitrogen and oxygen atoms in total. The van der Waals surface area contributed by atoms with Crippen LogP contribution in [0.15, 0.2) is 6.20 Å². The van der Waals surface area contributed by atoms with Gasteiger partial charge in [0.15, 0.2) is 5.69 Å². The number of rotatable bonds is 3. The third-order valence-corrected chi connectivity index (χ3v) is 5.38. The lowest BCUT2D eigenvalue weighted by Crippen LogP contribution is -2.55. The van der Waals surface area contributed by atoms with E-state index in [1.165, 1.54) is 0 Å². The number of likely N-dealkylation sites (tertiary alicyclic amines) is 1. The zero-order chi connectivity index (χ0) is 15.4. The van der Waals surface area contributed by atoms with Gasteiger partial charge in [0.2, 0.25) is 0 Å². The van der Waals surface area contributed by atoms with E-state index in [1.807, 2.05) is 4.90 Å². The quantitative estimate of drug-likeness (QED) is 0.860. The fourth-order valence-electron chi connectivity index (χ4n) is 4.52. The highest BCUT2D eigenvalue weighted by molar-refractivity contribution is 6.33. The van der Waals surface area contributed by atoms with Gasteiger partial charge in [0, 0.05) is 38.9 Å². The summed E-state index contributed by atoms with van der Waals surface area (Å²) in [6, 6.07) is 0. The molecule has 0 radical (unpaired) electrons. The highest BCUT2D eigenvalue weighted by Gasteiger charge is 2.63. The molecule has 116 valence electrons. The van der Waals surface area contributed by atoms with Crippen molar-refractivity contribution in [2.75, 3.05) is 26.8 Å². The van der Waals surface area contributed by atoms with Crippen molar-refractivity contribution in [3.63, 3.8) is 0 Å². The van der Waals surface area contributed by atoms with Gasteiger partial charge in [-0.05, 0) is 17.8 Å². The van der Waals surface area contributed by atoms with Crippen molar-refractivity contribution in [3.8, 4) is 0 Å². The van der Waals surface area contributed by atoms with Gasteiger partial charge in [-0.2, -0.15) is 5.10 Å². The maximum absolute atomic E-state index is 12.7. The number of ether oxygens (including phenoxy) is 1. The average Bonchev–Trinajstić information content (AvgIpc) is 2.87. The second kappa shape index (κ2) is 4.71. The van der Waals surface area contributed by atoms with Gasteiger partial charge in [-0.3, -0.25) is 9.48 Å². The van der Waals surface area contributed by atoms with Crippen LogP contribution in [0.2, 0.25) is 5.02 Å². The van der Waals surface area contributed by atoms with Crippen molar-refractivity contribution in [1.29, 1.82) is 0 Å². The first kappa shape index (κ1) is 14.9. The van der Waals surface area contributed by atoms with Crippen molar-refractivity contribution in [1.82, 2.24) is 14.7 Å². The van der Waals surface area contributed by atoms with E-state index >= 15 is 0 Å². The zero-order valence-corrected chi connectivity index (χ0v) is 13.8. The van der Waals surface area contributed by atoms with Gasteiger partial charge in [0.25, 0.3) is 5.91 Å². The van der Waals surface area contributed by atoms with E-state index in [0.29, 0.717) is 23.2 Å². The van der Waals surface area contributed by atoms with Gasteiger partial charge < -0.3 is 9.64 Å². The minimum atomic E-state index is -0.0683. The van der Waals surface area contributed by atoms with Crippen LogP contribution in [0.5, 0.6) is 0 Å². The Morgan fingerprint density at radius 1 is 1.57 bits per heavy atom. The van der Waals surface area contributed by atoms with Crippen LogP contribution in [-0.4, -0.2) is 47.4 Å². The summed E-state index contributed by atoms with van der Waals surface area (Å²) in [5, 5.41) is 4.61. The van der Waals surface area contributed by atoms with Crippen molar-refractivity contribution in [2.45, 2.75) is 20.3 Å². The number of hydrogen-bond acceptors (Lipinski definition) is 3. The molecular formula is C15H22ClN3O2. The first-order valence-corrected chi connectivity index (χ1v) is 7.64. The average molecular weight is 312 g/mol. The molecule has 0 bridgehead atoms. The number of fused-ring (bicyclic) bond motifs is 1. The van der Waals surface area contributed by atoms with E-state index in [9.17, 15) is 4.79 Å². The number of amides is 1. The Kier molecular flexibility index (Phi) is 3.33. The van der Waals surface area contributed by atoms with Crippen molar-refractivity contribution >= 4 is 17.5 Å². The Bertz CT molecular complexity index is 583. The summed E-state index contributed by atoms with van der Waals surface area (Å²) in [6.45, 7) is 6.75. The summed E-state index contributed by atoms with van der Waals surface area (Å²) in [5.74, 6) is 0.415. The predicted octanol–water partition coefficient (Wildman–Crippen LogP) is 2.21. The van der Waals surface area contributed by atoms with Gasteiger partial charge in [0.05, 0.1) is 11.6 Å². The zero-order valence-electron chi connectivity index (χ0n) is 13.0. The first-order valence-electron chi connectivity index (χ1n) is 7.26. The molecule has 21 heavy (non-hydrogen) atoms. The number of methoxy groups -OCH3 is 1. The molecule has 0 aromatic carbocycles. The summed E-state index contributed by atoms with van der Waals surface area (Å²) < 4.78 is 7.00. The molecule has 0 N–H and O–H groups in total. The highest BCUT2D eigenvalue weighted by Crippen LogP contribution is 2.62. The largest absolute Gasteiger partial charge is 0.384 e. The molecule has 2 aliphatic rings. The second-order valence-corrected chi connectivity index (χ2v) is 7.61. The molecule has 1 aliphatic carbocycles. The number of carbonyl (C=O) groups excluding carboxylic acids is 1. The Hall–Kier alpha value is -1.07. The second-order valence-electron chi connectivity index (χ2n) is 7.20. The van der Waals surface area contributed by atoms with Gasteiger partial charge in [-0.15, -0.1) is 0 Å². The molecule has 1 saturated heterocycles. The lowest BCUT2D eigenvalue weighted by molar-refractivity contribution is -0.107. The lowest BCUT2D eigenvalue weighted by atomic mass is 9.48. The smallest absolute Gasteiger partial charge is 0.275 e. The third kappa shape index (κ3) is 2.18. The van der Waals surface area contributed by atoms with E-state index in [4.69, 9.17) is 16.3 Å². The maximum Gasteiger partial charge on any atom is 0.275 e. The van der Waals surface area contributed by atoms with Crippen LogP contribution in [0.25, 0.3) is 0 Å². The molecule has 0 unspecified atom stereocenters. The Labute approximate surface area is 130 Å². The number of aromatic nitrogens is 2. The summed E-state index contributed by atoms with van der Waals surface area (Å²) in [4.78, 5) is 14.6. The standard InChI is InChI=1S/C15H22ClN3O2/c1-14(2)7-15(9-21-4)8-19(6-11(14)15)13(20)12-10(16)5-18(3)17-12/h5,11H,6-9H2,1-4H3/t11-,15-/m1/s1. The molecule has 1 aliphatic heterocycles. The van der Waals surface area contributed by atoms with Crippen LogP contribution < -0.4 is 0 Å². The van der Waals surface area contributed by atoms with Crippen LogP contribution in [0.1, 0.15) is 30.8 Å². The summed E-state index contributed by atoms with van der Waals surface area (Å²) in [6.07, 6.45) is 2.76. The summed E-state index contributed by atoms with van der Waals surface area (Å²) in [5.41, 5.74) is 0.724. The molecule has 0 spiro atoms. The van der Waals surface area contributed by atoms with Crippen molar-refractivity contribution in [2.24, 2.45) is 23.8 Å². The van der Waals surface area contributed by atoms with Crippen LogP contribution in [0.3, 0.4) is 0 Å². The van der Waals surface area contributed by atoms with Gasteiger partial charge in [0.1, 0.15) is 0 Å². The normalized spacial score (nSPS) is 30.1. The molecule has 1 saturated carbocycles. The van der Waals surface area contributed by atoms with E-state index in [2.05, 4.69) is 18.9 Å². The minimum Gasteiger partial charge on any atom is -0.384 e.